The van der Waals surface area contributed by atoms with E-state index in [1.165, 1.54) is 4.90 Å². The molecule has 2 rings (SSSR count). The van der Waals surface area contributed by atoms with Crippen LogP contribution in [-0.2, 0) is 11.2 Å². The fraction of sp³-hybridized carbons (Fsp3) is 0.308. The highest BCUT2D eigenvalue weighted by molar-refractivity contribution is 6.03. The van der Waals surface area contributed by atoms with Gasteiger partial charge in [-0.1, -0.05) is 6.92 Å². The lowest BCUT2D eigenvalue weighted by molar-refractivity contribution is -0.117. The topological polar surface area (TPSA) is 61.2 Å². The molecule has 0 aliphatic carbocycles. The van der Waals surface area contributed by atoms with Crippen molar-refractivity contribution >= 4 is 17.4 Å². The molecule has 0 radical (unpaired) electrons. The molecule has 0 bridgehead atoms. The van der Waals surface area contributed by atoms with Crippen LogP contribution in [0, 0.1) is 11.3 Å². The molecule has 1 aromatic rings. The molecule has 4 nitrogen and oxygen atoms in total. The number of fused-ring (bicyclic) bond motifs is 1. The van der Waals surface area contributed by atoms with Gasteiger partial charge in [-0.15, -0.1) is 0 Å². The van der Waals surface area contributed by atoms with Gasteiger partial charge in [-0.05, 0) is 23.8 Å². The number of ketones is 1. The molecule has 1 aliphatic rings. The van der Waals surface area contributed by atoms with E-state index in [0.717, 1.165) is 11.3 Å². The molecular weight excluding hydrogens is 216 g/mol. The summed E-state index contributed by atoms with van der Waals surface area (Å²) in [5, 5.41) is 8.65. The minimum Gasteiger partial charge on any atom is -0.298 e. The Bertz CT molecular complexity index is 529. The van der Waals surface area contributed by atoms with Crippen molar-refractivity contribution in [3.05, 3.63) is 29.3 Å². The van der Waals surface area contributed by atoms with E-state index < -0.39 is 0 Å². The van der Waals surface area contributed by atoms with Crippen molar-refractivity contribution in [2.24, 2.45) is 0 Å². The first-order valence-electron chi connectivity index (χ1n) is 5.50. The van der Waals surface area contributed by atoms with Crippen LogP contribution in [0.25, 0.3) is 0 Å². The number of benzene rings is 1. The minimum absolute atomic E-state index is 0.0624. The maximum Gasteiger partial charge on any atom is 0.232 e. The van der Waals surface area contributed by atoms with Crippen molar-refractivity contribution < 1.29 is 9.59 Å². The highest BCUT2D eigenvalue weighted by Crippen LogP contribution is 2.29. The lowest BCUT2D eigenvalue weighted by Crippen LogP contribution is -2.26. The fourth-order valence-corrected chi connectivity index (χ4v) is 2.00. The molecule has 1 aromatic carbocycles. The predicted molar refractivity (Wildman–Crippen MR) is 62.7 cm³/mol. The minimum atomic E-state index is -0.0809. The zero-order valence-electron chi connectivity index (χ0n) is 9.56. The van der Waals surface area contributed by atoms with Crippen LogP contribution in [-0.4, -0.2) is 18.2 Å². The van der Waals surface area contributed by atoms with Crippen LogP contribution < -0.4 is 4.90 Å². The maximum absolute atomic E-state index is 11.7. The molecule has 0 atom stereocenters. The Morgan fingerprint density at radius 2 is 2.29 bits per heavy atom. The van der Waals surface area contributed by atoms with Gasteiger partial charge in [0.05, 0.1) is 12.5 Å². The summed E-state index contributed by atoms with van der Waals surface area (Å²) < 4.78 is 0. The molecule has 86 valence electrons. The molecule has 1 aliphatic heterocycles. The number of Topliss-reactive ketones (excluding diaryl/α,β-unsaturated/α-hetero) is 1. The molecule has 0 unspecified atom stereocenters. The zero-order valence-corrected chi connectivity index (χ0v) is 9.56. The average molecular weight is 228 g/mol. The van der Waals surface area contributed by atoms with Crippen LogP contribution in [0.3, 0.4) is 0 Å². The van der Waals surface area contributed by atoms with Crippen LogP contribution in [0.2, 0.25) is 0 Å². The van der Waals surface area contributed by atoms with Crippen LogP contribution in [0.4, 0.5) is 5.69 Å². The van der Waals surface area contributed by atoms with Crippen molar-refractivity contribution in [3.8, 4) is 6.07 Å². The molecule has 0 aromatic heterocycles. The van der Waals surface area contributed by atoms with Crippen molar-refractivity contribution in [1.29, 1.82) is 5.26 Å². The van der Waals surface area contributed by atoms with Crippen LogP contribution in [0.1, 0.15) is 29.3 Å². The van der Waals surface area contributed by atoms with Crippen molar-refractivity contribution in [3.63, 3.8) is 0 Å². The number of hydrogen-bond donors (Lipinski definition) is 0. The van der Waals surface area contributed by atoms with Crippen LogP contribution in [0.15, 0.2) is 18.2 Å². The van der Waals surface area contributed by atoms with E-state index in [9.17, 15) is 9.59 Å². The molecule has 1 amide bonds. The number of carbonyl (C=O) groups is 2. The number of hydrogen-bond acceptors (Lipinski definition) is 3. The first kappa shape index (κ1) is 11.3. The van der Waals surface area contributed by atoms with E-state index in [0.29, 0.717) is 12.0 Å². The summed E-state index contributed by atoms with van der Waals surface area (Å²) in [6.45, 7) is 1.87. The third-order valence-corrected chi connectivity index (χ3v) is 2.88. The lowest BCUT2D eigenvalue weighted by atomic mass is 10.0. The van der Waals surface area contributed by atoms with E-state index in [-0.39, 0.29) is 24.7 Å². The van der Waals surface area contributed by atoms with E-state index in [2.05, 4.69) is 0 Å². The van der Waals surface area contributed by atoms with Gasteiger partial charge in [0.1, 0.15) is 6.54 Å². The van der Waals surface area contributed by atoms with Gasteiger partial charge in [-0.3, -0.25) is 14.5 Å². The Kier molecular flexibility index (Phi) is 2.92. The number of nitriles is 1. The monoisotopic (exact) mass is 228 g/mol. The van der Waals surface area contributed by atoms with Gasteiger partial charge in [0.25, 0.3) is 0 Å². The largest absolute Gasteiger partial charge is 0.298 e. The van der Waals surface area contributed by atoms with E-state index in [1.54, 1.807) is 18.2 Å². The third kappa shape index (κ3) is 1.92. The first-order valence-corrected chi connectivity index (χ1v) is 5.50. The van der Waals surface area contributed by atoms with Gasteiger partial charge < -0.3 is 0 Å². The highest BCUT2D eigenvalue weighted by atomic mass is 16.2. The van der Waals surface area contributed by atoms with Gasteiger partial charge in [-0.25, -0.2) is 0 Å². The standard InChI is InChI=1S/C13H12N2O2/c1-2-12(16)9-3-4-11-10(7-9)8-13(17)15(11)6-5-14/h3-4,7H,2,6,8H2,1H3. The average Bonchev–Trinajstić information content (AvgIpc) is 2.64. The molecular formula is C13H12N2O2. The lowest BCUT2D eigenvalue weighted by Gasteiger charge is -2.12. The normalized spacial score (nSPS) is 13.4. The van der Waals surface area contributed by atoms with Crippen LogP contribution in [0.5, 0.6) is 0 Å². The third-order valence-electron chi connectivity index (χ3n) is 2.88. The van der Waals surface area contributed by atoms with E-state index >= 15 is 0 Å². The van der Waals surface area contributed by atoms with Gasteiger partial charge in [0.15, 0.2) is 5.78 Å². The Balaban J connectivity index is 2.38. The second-order valence-electron chi connectivity index (χ2n) is 3.93. The molecule has 17 heavy (non-hydrogen) atoms. The number of amides is 1. The molecule has 0 spiro atoms. The smallest absolute Gasteiger partial charge is 0.232 e. The fourth-order valence-electron chi connectivity index (χ4n) is 2.00. The predicted octanol–water partition coefficient (Wildman–Crippen LogP) is 1.69. The SMILES string of the molecule is CCC(=O)c1ccc2c(c1)CC(=O)N2CC#N. The summed E-state index contributed by atoms with van der Waals surface area (Å²) in [5.74, 6) is -0.0124. The van der Waals surface area contributed by atoms with Gasteiger partial charge in [-0.2, -0.15) is 5.26 Å². The Labute approximate surface area is 99.5 Å². The highest BCUT2D eigenvalue weighted by Gasteiger charge is 2.27. The van der Waals surface area contributed by atoms with Crippen molar-refractivity contribution in [1.82, 2.24) is 0 Å². The second kappa shape index (κ2) is 4.38. The molecule has 0 fully saturated rings. The molecule has 4 heteroatoms. The quantitative estimate of drug-likeness (QED) is 0.584. The van der Waals surface area contributed by atoms with Crippen molar-refractivity contribution in [2.75, 3.05) is 11.4 Å². The maximum atomic E-state index is 11.7. The van der Waals surface area contributed by atoms with Gasteiger partial charge in [0.2, 0.25) is 5.91 Å². The van der Waals surface area contributed by atoms with E-state index in [1.807, 2.05) is 13.0 Å². The van der Waals surface area contributed by atoms with Crippen molar-refractivity contribution in [2.45, 2.75) is 19.8 Å². The number of carbonyl (C=O) groups excluding carboxylic acids is 2. The zero-order chi connectivity index (χ0) is 12.4. The first-order chi connectivity index (χ1) is 8.17. The summed E-state index contributed by atoms with van der Waals surface area (Å²) in [7, 11) is 0. The van der Waals surface area contributed by atoms with E-state index in [4.69, 9.17) is 5.26 Å². The second-order valence-corrected chi connectivity index (χ2v) is 3.93. The summed E-state index contributed by atoms with van der Waals surface area (Å²) in [6.07, 6.45) is 0.733. The van der Waals surface area contributed by atoms with Gasteiger partial charge >= 0.3 is 0 Å². The summed E-state index contributed by atoms with van der Waals surface area (Å²) in [6, 6.07) is 7.19. The molecule has 0 saturated heterocycles. The number of anilines is 1. The summed E-state index contributed by atoms with van der Waals surface area (Å²) >= 11 is 0. The number of rotatable bonds is 3. The summed E-state index contributed by atoms with van der Waals surface area (Å²) in [4.78, 5) is 24.7. The Morgan fingerprint density at radius 3 is 2.94 bits per heavy atom. The molecule has 0 saturated carbocycles. The Hall–Kier alpha value is -2.15. The summed E-state index contributed by atoms with van der Waals surface area (Å²) in [5.41, 5.74) is 2.23. The molecule has 0 N–H and O–H groups in total. The van der Waals surface area contributed by atoms with Crippen LogP contribution >= 0.6 is 0 Å². The Morgan fingerprint density at radius 1 is 1.53 bits per heavy atom. The molecule has 1 heterocycles. The number of nitrogens with zero attached hydrogens (tertiary/aromatic N) is 2. The van der Waals surface area contributed by atoms with Gasteiger partial charge in [0, 0.05) is 17.7 Å².